The van der Waals surface area contributed by atoms with Gasteiger partial charge in [-0.2, -0.15) is 12.7 Å². The summed E-state index contributed by atoms with van der Waals surface area (Å²) in [6, 6.07) is 5.00. The summed E-state index contributed by atoms with van der Waals surface area (Å²) in [5.41, 5.74) is 0.163. The molecule has 0 bridgehead atoms. The number of nitrogens with one attached hydrogen (secondary N) is 3. The van der Waals surface area contributed by atoms with Gasteiger partial charge in [0, 0.05) is 91.8 Å². The van der Waals surface area contributed by atoms with E-state index in [-0.39, 0.29) is 28.9 Å². The van der Waals surface area contributed by atoms with Gasteiger partial charge in [0.2, 0.25) is 5.78 Å². The lowest BCUT2D eigenvalue weighted by molar-refractivity contribution is 0.103. The number of halogens is 2. The number of carbonyl (C=O) groups excluding carboxylic acids is 1. The molecule has 1 aliphatic heterocycles. The zero-order valence-corrected chi connectivity index (χ0v) is 24.8. The molecule has 0 spiro atoms. The van der Waals surface area contributed by atoms with Crippen LogP contribution in [0.25, 0.3) is 22.2 Å². The van der Waals surface area contributed by atoms with E-state index in [1.807, 2.05) is 9.62 Å². The number of fused-ring (bicyclic) bond motifs is 1. The van der Waals surface area contributed by atoms with Crippen LogP contribution in [-0.2, 0) is 27.0 Å². The number of carbonyl (C=O) groups is 1. The molecule has 1 unspecified atom stereocenters. The molecule has 1 saturated heterocycles. The van der Waals surface area contributed by atoms with Gasteiger partial charge in [0.25, 0.3) is 0 Å². The van der Waals surface area contributed by atoms with E-state index in [4.69, 9.17) is 0 Å². The molecule has 4 aromatic rings. The molecule has 1 atom stereocenters. The molecule has 1 fully saturated rings. The lowest BCUT2D eigenvalue weighted by Gasteiger charge is -2.30. The van der Waals surface area contributed by atoms with Crippen LogP contribution >= 0.6 is 0 Å². The maximum atomic E-state index is 15.5. The molecule has 0 aliphatic carbocycles. The maximum Gasteiger partial charge on any atom is 0.301 e. The Morgan fingerprint density at radius 1 is 1.16 bits per heavy atom. The third-order valence-electron chi connectivity index (χ3n) is 7.15. The number of anilines is 2. The van der Waals surface area contributed by atoms with Crippen molar-refractivity contribution in [2.24, 2.45) is 0 Å². The number of aromatic nitrogens is 3. The van der Waals surface area contributed by atoms with Crippen molar-refractivity contribution in [2.45, 2.75) is 12.7 Å². The highest BCUT2D eigenvalue weighted by molar-refractivity contribution is 7.90. The van der Waals surface area contributed by atoms with Gasteiger partial charge in [0.1, 0.15) is 17.3 Å². The Morgan fingerprint density at radius 3 is 2.56 bits per heavy atom. The van der Waals surface area contributed by atoms with Crippen molar-refractivity contribution in [2.75, 3.05) is 49.4 Å². The van der Waals surface area contributed by atoms with Crippen molar-refractivity contribution in [3.63, 3.8) is 0 Å². The lowest BCUT2D eigenvalue weighted by atomic mass is 10.00. The molecule has 3 N–H and O–H groups in total. The minimum absolute atomic E-state index is 0.0961. The highest BCUT2D eigenvalue weighted by atomic mass is 32.2. The third-order valence-corrected chi connectivity index (χ3v) is 9.26. The van der Waals surface area contributed by atoms with Crippen LogP contribution in [0.2, 0.25) is 0 Å². The average Bonchev–Trinajstić information content (AvgIpc) is 3.41. The first-order chi connectivity index (χ1) is 20.5. The summed E-state index contributed by atoms with van der Waals surface area (Å²) in [6.45, 7) is 4.48. The number of pyridine rings is 2. The monoisotopic (exact) mass is 632 g/mol. The molecule has 1 aromatic carbocycles. The number of hydrogen-bond donors (Lipinski definition) is 3. The number of nitrogens with zero attached hydrogens (tertiary/aromatic N) is 4. The van der Waals surface area contributed by atoms with Gasteiger partial charge < -0.3 is 19.8 Å². The number of rotatable bonds is 10. The molecule has 1 aliphatic rings. The maximum absolute atomic E-state index is 15.5. The van der Waals surface area contributed by atoms with E-state index in [1.165, 1.54) is 19.4 Å². The molecular formula is C27H28F2N7O5S2-. The average molecular weight is 633 g/mol. The van der Waals surface area contributed by atoms with Gasteiger partial charge in [-0.15, -0.1) is 0 Å². The predicted molar refractivity (Wildman–Crippen MR) is 158 cm³/mol. The first-order valence-electron chi connectivity index (χ1n) is 13.2. The van der Waals surface area contributed by atoms with Crippen LogP contribution < -0.4 is 14.9 Å². The molecule has 0 amide bonds. The molecule has 12 nitrogen and oxygen atoms in total. The van der Waals surface area contributed by atoms with Crippen molar-refractivity contribution >= 4 is 49.6 Å². The summed E-state index contributed by atoms with van der Waals surface area (Å²) >= 11 is -2.37. The standard InChI is InChI=1S/C27H29F2N7O5S2/c1-3-35(2)43(40,41)34-22-5-4-21(28)23(24(22)29)25(37)20-14-32-26-19(20)11-17(12-31-26)16-10-18(15-42(38)39)27(33-13-16)36-8-6-30-7-9-36/h4-5,10-14,30,34H,3,6-9,15H2,1-2H3,(H,31,32)(H,38,39)/p-1. The number of ketones is 1. The second-order valence-corrected chi connectivity index (χ2v) is 12.5. The van der Waals surface area contributed by atoms with Gasteiger partial charge >= 0.3 is 10.2 Å². The van der Waals surface area contributed by atoms with E-state index < -0.39 is 50.0 Å². The summed E-state index contributed by atoms with van der Waals surface area (Å²) < 4.78 is 81.4. The topological polar surface area (TPSA) is 163 Å². The first-order valence-corrected chi connectivity index (χ1v) is 15.9. The Morgan fingerprint density at radius 2 is 1.86 bits per heavy atom. The number of benzene rings is 1. The highest BCUT2D eigenvalue weighted by Crippen LogP contribution is 2.31. The van der Waals surface area contributed by atoms with Crippen LogP contribution in [0.3, 0.4) is 0 Å². The first kappa shape index (κ1) is 30.6. The minimum Gasteiger partial charge on any atom is -0.772 e. The van der Waals surface area contributed by atoms with Gasteiger partial charge in [-0.1, -0.05) is 18.0 Å². The fraction of sp³-hybridized carbons (Fsp3) is 0.296. The predicted octanol–water partition coefficient (Wildman–Crippen LogP) is 2.53. The summed E-state index contributed by atoms with van der Waals surface area (Å²) in [7, 11) is -2.86. The summed E-state index contributed by atoms with van der Waals surface area (Å²) in [6.07, 6.45) is 4.35. The molecule has 43 heavy (non-hydrogen) atoms. The molecular weight excluding hydrogens is 604 g/mol. The fourth-order valence-corrected chi connectivity index (χ4v) is 6.16. The van der Waals surface area contributed by atoms with Gasteiger partial charge in [0.05, 0.1) is 11.3 Å². The highest BCUT2D eigenvalue weighted by Gasteiger charge is 2.27. The van der Waals surface area contributed by atoms with Crippen molar-refractivity contribution in [1.29, 1.82) is 0 Å². The zero-order chi connectivity index (χ0) is 30.9. The summed E-state index contributed by atoms with van der Waals surface area (Å²) in [4.78, 5) is 27.2. The quantitative estimate of drug-likeness (QED) is 0.176. The number of aromatic amines is 1. The van der Waals surface area contributed by atoms with Gasteiger partial charge in [-0.3, -0.25) is 13.7 Å². The summed E-state index contributed by atoms with van der Waals surface area (Å²) in [5, 5.41) is 3.49. The van der Waals surface area contributed by atoms with Gasteiger partial charge in [-0.05, 0) is 24.3 Å². The van der Waals surface area contributed by atoms with E-state index in [1.54, 1.807) is 25.3 Å². The normalized spacial score (nSPS) is 14.8. The summed E-state index contributed by atoms with van der Waals surface area (Å²) in [5.74, 6) is -3.25. The van der Waals surface area contributed by atoms with Crippen LogP contribution in [0.5, 0.6) is 0 Å². The third kappa shape index (κ3) is 6.28. The van der Waals surface area contributed by atoms with Crippen LogP contribution in [-0.4, -0.2) is 82.0 Å². The van der Waals surface area contributed by atoms with Crippen LogP contribution in [0, 0.1) is 11.6 Å². The van der Waals surface area contributed by atoms with E-state index >= 15 is 4.39 Å². The molecule has 16 heteroatoms. The van der Waals surface area contributed by atoms with E-state index in [0.29, 0.717) is 35.6 Å². The van der Waals surface area contributed by atoms with Crippen molar-refractivity contribution in [1.82, 2.24) is 24.6 Å². The molecule has 0 radical (unpaired) electrons. The van der Waals surface area contributed by atoms with Crippen molar-refractivity contribution < 1.29 is 30.8 Å². The number of piperazine rings is 1. The molecule has 5 rings (SSSR count). The van der Waals surface area contributed by atoms with Crippen molar-refractivity contribution in [3.8, 4) is 11.1 Å². The molecule has 228 valence electrons. The Bertz CT molecular complexity index is 1830. The van der Waals surface area contributed by atoms with Gasteiger partial charge in [0.15, 0.2) is 5.82 Å². The largest absolute Gasteiger partial charge is 0.772 e. The van der Waals surface area contributed by atoms with E-state index in [9.17, 15) is 26.4 Å². The van der Waals surface area contributed by atoms with Gasteiger partial charge in [-0.25, -0.2) is 18.7 Å². The Hall–Kier alpha value is -3.83. The fourth-order valence-electron chi connectivity index (χ4n) is 4.77. The van der Waals surface area contributed by atoms with Crippen LogP contribution in [0.4, 0.5) is 20.3 Å². The smallest absolute Gasteiger partial charge is 0.301 e. The van der Waals surface area contributed by atoms with E-state index in [0.717, 1.165) is 29.5 Å². The van der Waals surface area contributed by atoms with Crippen LogP contribution in [0.1, 0.15) is 28.4 Å². The van der Waals surface area contributed by atoms with Crippen LogP contribution in [0.15, 0.2) is 42.9 Å². The molecule has 4 heterocycles. The number of H-pyrrole nitrogens is 1. The number of hydrogen-bond acceptors (Lipinski definition) is 9. The molecule has 3 aromatic heterocycles. The second-order valence-electron chi connectivity index (χ2n) is 9.85. The zero-order valence-electron chi connectivity index (χ0n) is 23.2. The SMILES string of the molecule is CCN(C)S(=O)(=O)Nc1ccc(F)c(C(=O)c2c[nH]c3ncc(-c4cnc(N5CCNCC5)c(CS(=O)[O-])c4)cc23)c1F. The minimum atomic E-state index is -4.14. The second kappa shape index (κ2) is 12.4. The van der Waals surface area contributed by atoms with Crippen molar-refractivity contribution in [3.05, 3.63) is 71.2 Å². The Kier molecular flexibility index (Phi) is 8.84. The Balaban J connectivity index is 1.53. The Labute approximate surface area is 249 Å². The van der Waals surface area contributed by atoms with E-state index in [2.05, 4.69) is 20.3 Å². The molecule has 0 saturated carbocycles. The lowest BCUT2D eigenvalue weighted by Crippen LogP contribution is -2.44.